The smallest absolute Gasteiger partial charge is 0.759 e. The van der Waals surface area contributed by atoms with Gasteiger partial charge < -0.3 is 10.7 Å². The molecule has 0 aliphatic rings. The van der Waals surface area contributed by atoms with Gasteiger partial charge in [0.15, 0.2) is 0 Å². The van der Waals surface area contributed by atoms with Gasteiger partial charge in [0.2, 0.25) is 5.91 Å². The van der Waals surface area contributed by atoms with Gasteiger partial charge in [-0.3, -0.25) is 4.79 Å². The van der Waals surface area contributed by atoms with Crippen LogP contribution in [0.25, 0.3) is 0 Å². The van der Waals surface area contributed by atoms with E-state index >= 15 is 0 Å². The second-order valence-electron chi connectivity index (χ2n) is 4.10. The molecular formula is C12H24KNO2. The fraction of sp³-hybridized carbons (Fsp3) is 0.917. The molecule has 1 amide bonds. The Morgan fingerprint density at radius 3 is 1.81 bits per heavy atom. The van der Waals surface area contributed by atoms with Crippen LogP contribution in [0.5, 0.6) is 0 Å². The SMILES string of the molecule is CCCCCCCCCCCC(=O)N[O-].[K+]. The molecule has 1 N–H and O–H groups in total. The third kappa shape index (κ3) is 15.1. The van der Waals surface area contributed by atoms with Crippen molar-refractivity contribution in [3.05, 3.63) is 5.21 Å². The first-order valence-electron chi connectivity index (χ1n) is 6.22. The summed E-state index contributed by atoms with van der Waals surface area (Å²) in [7, 11) is 0. The van der Waals surface area contributed by atoms with Gasteiger partial charge in [-0.25, -0.2) is 0 Å². The topological polar surface area (TPSA) is 52.2 Å². The maximum absolute atomic E-state index is 10.6. The zero-order valence-corrected chi connectivity index (χ0v) is 14.0. The van der Waals surface area contributed by atoms with Gasteiger partial charge in [0.05, 0.1) is 0 Å². The fourth-order valence-corrected chi connectivity index (χ4v) is 1.65. The number of amides is 1. The van der Waals surface area contributed by atoms with E-state index in [0.29, 0.717) is 6.42 Å². The van der Waals surface area contributed by atoms with Crippen LogP contribution in [0.4, 0.5) is 0 Å². The first-order valence-corrected chi connectivity index (χ1v) is 6.22. The largest absolute Gasteiger partial charge is 1.00 e. The van der Waals surface area contributed by atoms with Gasteiger partial charge in [0, 0.05) is 6.42 Å². The average Bonchev–Trinajstić information content (AvgIpc) is 2.26. The zero-order valence-electron chi connectivity index (χ0n) is 10.9. The summed E-state index contributed by atoms with van der Waals surface area (Å²) in [5.74, 6) is -0.377. The third-order valence-corrected chi connectivity index (χ3v) is 2.62. The molecule has 90 valence electrons. The molecule has 0 aliphatic carbocycles. The molecule has 0 rings (SSSR count). The molecule has 16 heavy (non-hydrogen) atoms. The fourth-order valence-electron chi connectivity index (χ4n) is 1.65. The predicted octanol–water partition coefficient (Wildman–Crippen LogP) is 0.525. The third-order valence-electron chi connectivity index (χ3n) is 2.62. The number of hydrogen-bond acceptors (Lipinski definition) is 2. The normalized spacial score (nSPS) is 9.62. The van der Waals surface area contributed by atoms with Crippen molar-refractivity contribution in [1.82, 2.24) is 5.48 Å². The Balaban J connectivity index is 0. The summed E-state index contributed by atoms with van der Waals surface area (Å²) in [6.45, 7) is 2.22. The van der Waals surface area contributed by atoms with Crippen LogP contribution in [-0.4, -0.2) is 5.91 Å². The van der Waals surface area contributed by atoms with Crippen molar-refractivity contribution >= 4 is 5.91 Å². The van der Waals surface area contributed by atoms with Gasteiger partial charge in [-0.1, -0.05) is 58.3 Å². The van der Waals surface area contributed by atoms with Gasteiger partial charge >= 0.3 is 51.4 Å². The van der Waals surface area contributed by atoms with Crippen molar-refractivity contribution in [3.8, 4) is 0 Å². The Hall–Kier alpha value is 1.07. The van der Waals surface area contributed by atoms with E-state index in [0.717, 1.165) is 12.8 Å². The quantitative estimate of drug-likeness (QED) is 0.351. The minimum Gasteiger partial charge on any atom is -0.759 e. The van der Waals surface area contributed by atoms with Crippen LogP contribution in [0.1, 0.15) is 71.1 Å². The van der Waals surface area contributed by atoms with Gasteiger partial charge in [-0.05, 0) is 6.42 Å². The molecule has 0 fully saturated rings. The van der Waals surface area contributed by atoms with Crippen LogP contribution >= 0.6 is 0 Å². The summed E-state index contributed by atoms with van der Waals surface area (Å²) < 4.78 is 0. The monoisotopic (exact) mass is 253 g/mol. The van der Waals surface area contributed by atoms with Gasteiger partial charge in [-0.2, -0.15) is 0 Å². The zero-order chi connectivity index (χ0) is 11.4. The first kappa shape index (κ1) is 19.4. The van der Waals surface area contributed by atoms with Crippen molar-refractivity contribution in [2.75, 3.05) is 0 Å². The van der Waals surface area contributed by atoms with Crippen LogP contribution in [0.15, 0.2) is 0 Å². The predicted molar refractivity (Wildman–Crippen MR) is 63.4 cm³/mol. The molecule has 0 saturated heterocycles. The Labute approximate surface area is 142 Å². The number of unbranched alkanes of at least 4 members (excludes halogenated alkanes) is 8. The molecular weight excluding hydrogens is 229 g/mol. The minimum absolute atomic E-state index is 0. The summed E-state index contributed by atoms with van der Waals surface area (Å²) in [4.78, 5) is 10.6. The maximum atomic E-state index is 10.6. The molecule has 0 aromatic rings. The van der Waals surface area contributed by atoms with Crippen molar-refractivity contribution < 1.29 is 56.2 Å². The van der Waals surface area contributed by atoms with Crippen molar-refractivity contribution in [2.45, 2.75) is 71.1 Å². The molecule has 3 nitrogen and oxygen atoms in total. The van der Waals surface area contributed by atoms with Gasteiger partial charge in [-0.15, -0.1) is 0 Å². The second kappa shape index (κ2) is 16.1. The number of nitrogens with one attached hydrogen (secondary N) is 1. The molecule has 0 bridgehead atoms. The number of rotatable bonds is 10. The molecule has 0 spiro atoms. The minimum atomic E-state index is -0.377. The molecule has 0 aromatic heterocycles. The molecule has 0 radical (unpaired) electrons. The van der Waals surface area contributed by atoms with E-state index in [1.165, 1.54) is 50.4 Å². The molecule has 0 unspecified atom stereocenters. The van der Waals surface area contributed by atoms with E-state index in [1.807, 2.05) is 0 Å². The van der Waals surface area contributed by atoms with E-state index < -0.39 is 0 Å². The van der Waals surface area contributed by atoms with Crippen LogP contribution in [0.3, 0.4) is 0 Å². The Bertz CT molecular complexity index is 154. The molecule has 0 heterocycles. The number of carbonyl (C=O) groups is 1. The summed E-state index contributed by atoms with van der Waals surface area (Å²) in [5, 5.41) is 9.90. The summed E-state index contributed by atoms with van der Waals surface area (Å²) >= 11 is 0. The Morgan fingerprint density at radius 1 is 0.938 bits per heavy atom. The van der Waals surface area contributed by atoms with E-state index in [4.69, 9.17) is 0 Å². The van der Waals surface area contributed by atoms with E-state index in [9.17, 15) is 10.0 Å². The molecule has 4 heteroatoms. The van der Waals surface area contributed by atoms with Crippen LogP contribution in [-0.2, 0) is 4.79 Å². The number of hydroxylamine groups is 1. The van der Waals surface area contributed by atoms with Crippen molar-refractivity contribution in [2.24, 2.45) is 0 Å². The van der Waals surface area contributed by atoms with Gasteiger partial charge in [0.25, 0.3) is 0 Å². The van der Waals surface area contributed by atoms with E-state index in [-0.39, 0.29) is 57.3 Å². The average molecular weight is 253 g/mol. The Kier molecular flexibility index (Phi) is 19.5. The standard InChI is InChI=1S/C12H24NO2.K/c1-2-3-4-5-6-7-8-9-10-11-12(14)13-15;/h2-11H2,1H3,(H-,13,14,15);/q-1;+1. The summed E-state index contributed by atoms with van der Waals surface area (Å²) in [6.07, 6.45) is 11.4. The Morgan fingerprint density at radius 2 is 1.38 bits per heavy atom. The second-order valence-corrected chi connectivity index (χ2v) is 4.10. The van der Waals surface area contributed by atoms with E-state index in [2.05, 4.69) is 6.92 Å². The number of carbonyl (C=O) groups excluding carboxylic acids is 1. The van der Waals surface area contributed by atoms with Gasteiger partial charge in [0.1, 0.15) is 0 Å². The number of hydrogen-bond donors (Lipinski definition) is 1. The molecule has 0 atom stereocenters. The van der Waals surface area contributed by atoms with Crippen LogP contribution < -0.4 is 56.9 Å². The molecule has 0 saturated carbocycles. The molecule has 0 aromatic carbocycles. The van der Waals surface area contributed by atoms with Crippen LogP contribution in [0.2, 0.25) is 0 Å². The maximum Gasteiger partial charge on any atom is 1.00 e. The molecule has 0 aliphatic heterocycles. The van der Waals surface area contributed by atoms with Crippen molar-refractivity contribution in [3.63, 3.8) is 0 Å². The first-order chi connectivity index (χ1) is 7.31. The summed E-state index contributed by atoms with van der Waals surface area (Å²) in [5.41, 5.74) is 1.40. The van der Waals surface area contributed by atoms with Crippen LogP contribution in [0, 0.1) is 5.21 Å². The van der Waals surface area contributed by atoms with E-state index in [1.54, 1.807) is 0 Å². The van der Waals surface area contributed by atoms with Crippen molar-refractivity contribution in [1.29, 1.82) is 0 Å². The summed E-state index contributed by atoms with van der Waals surface area (Å²) in [6, 6.07) is 0.